The van der Waals surface area contributed by atoms with Crippen LogP contribution in [-0.2, 0) is 11.2 Å². The Hall–Kier alpha value is -4.14. The van der Waals surface area contributed by atoms with Gasteiger partial charge in [-0.3, -0.25) is 4.79 Å². The molecule has 3 heterocycles. The molecule has 33 heavy (non-hydrogen) atoms. The molecular formula is C24H19FN4O4. The highest BCUT2D eigenvalue weighted by Gasteiger charge is 2.59. The zero-order valence-electron chi connectivity index (χ0n) is 17.3. The van der Waals surface area contributed by atoms with E-state index in [1.807, 2.05) is 18.2 Å². The van der Waals surface area contributed by atoms with E-state index in [1.54, 1.807) is 24.4 Å². The topological polar surface area (TPSA) is 102 Å². The minimum Gasteiger partial charge on any atom is -0.487 e. The number of fused-ring (bicyclic) bond motifs is 4. The summed E-state index contributed by atoms with van der Waals surface area (Å²) in [5, 5.41) is 8.15. The first-order valence-corrected chi connectivity index (χ1v) is 10.6. The summed E-state index contributed by atoms with van der Waals surface area (Å²) < 4.78 is 25.8. The maximum Gasteiger partial charge on any atom is 0.319 e. The van der Waals surface area contributed by atoms with E-state index < -0.39 is 11.8 Å². The first-order valence-electron chi connectivity index (χ1n) is 10.6. The number of nitrogens with one attached hydrogen (secondary N) is 3. The first kappa shape index (κ1) is 19.5. The number of hydrogen-bond donors (Lipinski definition) is 3. The number of rotatable bonds is 4. The summed E-state index contributed by atoms with van der Waals surface area (Å²) in [4.78, 5) is 28.2. The fourth-order valence-corrected chi connectivity index (χ4v) is 4.43. The van der Waals surface area contributed by atoms with Gasteiger partial charge in [0.25, 0.3) is 0 Å². The molecule has 2 aliphatic heterocycles. The van der Waals surface area contributed by atoms with E-state index >= 15 is 0 Å². The number of aromatic nitrogens is 1. The van der Waals surface area contributed by atoms with Gasteiger partial charge in [-0.15, -0.1) is 0 Å². The molecule has 3 aromatic rings. The van der Waals surface area contributed by atoms with Crippen molar-refractivity contribution < 1.29 is 23.5 Å². The molecule has 1 aliphatic carbocycles. The van der Waals surface area contributed by atoms with Crippen molar-refractivity contribution in [3.05, 3.63) is 71.7 Å². The molecule has 0 bridgehead atoms. The van der Waals surface area contributed by atoms with Crippen LogP contribution in [-0.4, -0.2) is 29.1 Å². The second-order valence-corrected chi connectivity index (χ2v) is 8.20. The van der Waals surface area contributed by atoms with Gasteiger partial charge in [0, 0.05) is 23.7 Å². The van der Waals surface area contributed by atoms with Crippen LogP contribution in [0.25, 0.3) is 0 Å². The third-order valence-corrected chi connectivity index (χ3v) is 6.08. The fourth-order valence-electron chi connectivity index (χ4n) is 4.43. The van der Waals surface area contributed by atoms with Gasteiger partial charge in [-0.2, -0.15) is 0 Å². The van der Waals surface area contributed by atoms with E-state index in [2.05, 4.69) is 20.9 Å². The maximum absolute atomic E-state index is 13.8. The van der Waals surface area contributed by atoms with E-state index in [4.69, 9.17) is 9.47 Å². The van der Waals surface area contributed by atoms with Crippen LogP contribution in [0.1, 0.15) is 23.5 Å². The van der Waals surface area contributed by atoms with Crippen molar-refractivity contribution in [2.24, 2.45) is 0 Å². The highest BCUT2D eigenvalue weighted by atomic mass is 19.1. The fraction of sp³-hybridized carbons (Fsp3) is 0.208. The number of ether oxygens (including phenoxy) is 2. The summed E-state index contributed by atoms with van der Waals surface area (Å²) in [5.41, 5.74) is 1.93. The standard InChI is InChI=1S/C24H19FN4O4/c25-15-3-1-2-4-16(15)27-24(31)29-21-20-14-11-12(5-7-17(14)33-22(20)21)32-18-9-10-26-23-13(18)6-8-19(30)28-23/h1-5,7,9-11,20-22H,6,8H2,(H,26,28,30)(H2,27,29,31)/t20-,21+,22-/m0/s1. The number of amides is 3. The molecule has 166 valence electrons. The number of pyridine rings is 1. The molecule has 0 spiro atoms. The molecule has 3 N–H and O–H groups in total. The van der Waals surface area contributed by atoms with E-state index in [0.29, 0.717) is 30.2 Å². The molecular weight excluding hydrogens is 427 g/mol. The lowest BCUT2D eigenvalue weighted by molar-refractivity contribution is -0.116. The van der Waals surface area contributed by atoms with Crippen LogP contribution in [0.15, 0.2) is 54.7 Å². The van der Waals surface area contributed by atoms with Gasteiger partial charge < -0.3 is 25.4 Å². The Morgan fingerprint density at radius 1 is 1.18 bits per heavy atom. The van der Waals surface area contributed by atoms with Crippen molar-refractivity contribution >= 4 is 23.4 Å². The lowest BCUT2D eigenvalue weighted by atomic mass is 10.1. The molecule has 2 aromatic carbocycles. The molecule has 3 aliphatic rings. The minimum atomic E-state index is -0.495. The Labute approximate surface area is 188 Å². The maximum atomic E-state index is 13.8. The molecule has 0 radical (unpaired) electrons. The van der Waals surface area contributed by atoms with Gasteiger partial charge in [-0.1, -0.05) is 12.1 Å². The van der Waals surface area contributed by atoms with Crippen molar-refractivity contribution in [3.63, 3.8) is 0 Å². The van der Waals surface area contributed by atoms with Gasteiger partial charge in [0.15, 0.2) is 0 Å². The van der Waals surface area contributed by atoms with E-state index in [-0.39, 0.29) is 29.7 Å². The average molecular weight is 446 g/mol. The zero-order chi connectivity index (χ0) is 22.5. The van der Waals surface area contributed by atoms with Gasteiger partial charge in [-0.05, 0) is 42.8 Å². The molecule has 6 rings (SSSR count). The Bertz CT molecular complexity index is 1300. The van der Waals surface area contributed by atoms with E-state index in [9.17, 15) is 14.0 Å². The number of hydrogen-bond acceptors (Lipinski definition) is 5. The van der Waals surface area contributed by atoms with Crippen molar-refractivity contribution in [2.75, 3.05) is 10.6 Å². The average Bonchev–Trinajstić information content (AvgIpc) is 3.31. The van der Waals surface area contributed by atoms with Crippen LogP contribution in [0.3, 0.4) is 0 Å². The highest BCUT2D eigenvalue weighted by Crippen LogP contribution is 2.54. The smallest absolute Gasteiger partial charge is 0.319 e. The van der Waals surface area contributed by atoms with Crippen molar-refractivity contribution in [1.82, 2.24) is 10.3 Å². The van der Waals surface area contributed by atoms with Gasteiger partial charge >= 0.3 is 6.03 Å². The third-order valence-electron chi connectivity index (χ3n) is 6.08. The minimum absolute atomic E-state index is 0.000522. The van der Waals surface area contributed by atoms with Crippen LogP contribution in [0, 0.1) is 5.82 Å². The van der Waals surface area contributed by atoms with Crippen LogP contribution in [0.2, 0.25) is 0 Å². The van der Waals surface area contributed by atoms with Crippen molar-refractivity contribution in [2.45, 2.75) is 30.9 Å². The van der Waals surface area contributed by atoms with Crippen molar-refractivity contribution in [1.29, 1.82) is 0 Å². The van der Waals surface area contributed by atoms with Crippen LogP contribution >= 0.6 is 0 Å². The second-order valence-electron chi connectivity index (χ2n) is 8.20. The number of carbonyl (C=O) groups is 2. The molecule has 3 atom stereocenters. The number of halogens is 1. The summed E-state index contributed by atoms with van der Waals surface area (Å²) in [6, 6.07) is 12.7. The number of anilines is 2. The Morgan fingerprint density at radius 2 is 2.06 bits per heavy atom. The van der Waals surface area contributed by atoms with Crippen LogP contribution in [0.4, 0.5) is 20.7 Å². The molecule has 1 saturated carbocycles. The molecule has 0 unspecified atom stereocenters. The van der Waals surface area contributed by atoms with Crippen molar-refractivity contribution in [3.8, 4) is 17.2 Å². The monoisotopic (exact) mass is 446 g/mol. The third kappa shape index (κ3) is 3.51. The number of carbonyl (C=O) groups excluding carboxylic acids is 2. The summed E-state index contributed by atoms with van der Waals surface area (Å²) in [7, 11) is 0. The molecule has 9 heteroatoms. The number of para-hydroxylation sites is 1. The lowest BCUT2D eigenvalue weighted by Gasteiger charge is -2.19. The van der Waals surface area contributed by atoms with Gasteiger partial charge in [0.1, 0.15) is 35.0 Å². The SMILES string of the molecule is O=C1CCc2c(Oc3ccc4c(c3)[C@H]3[C@@H](NC(=O)Nc5ccccc5F)[C@H]3O4)ccnc2N1. The Balaban J connectivity index is 1.16. The highest BCUT2D eigenvalue weighted by molar-refractivity contribution is 5.93. The van der Waals surface area contributed by atoms with Gasteiger partial charge in [0.2, 0.25) is 5.91 Å². The number of urea groups is 1. The number of benzene rings is 2. The Morgan fingerprint density at radius 3 is 2.94 bits per heavy atom. The van der Waals surface area contributed by atoms with Gasteiger partial charge in [0.05, 0.1) is 17.6 Å². The molecule has 1 aromatic heterocycles. The summed E-state index contributed by atoms with van der Waals surface area (Å²) in [6.07, 6.45) is 2.39. The largest absolute Gasteiger partial charge is 0.487 e. The molecule has 1 fully saturated rings. The predicted molar refractivity (Wildman–Crippen MR) is 117 cm³/mol. The van der Waals surface area contributed by atoms with Crippen LogP contribution in [0.5, 0.6) is 17.2 Å². The Kier molecular flexibility index (Phi) is 4.42. The quantitative estimate of drug-likeness (QED) is 0.564. The second kappa shape index (κ2) is 7.47. The van der Waals surface area contributed by atoms with Gasteiger partial charge in [-0.25, -0.2) is 14.2 Å². The number of nitrogens with zero attached hydrogens (tertiary/aromatic N) is 1. The molecule has 0 saturated heterocycles. The van der Waals surface area contributed by atoms with Crippen LogP contribution < -0.4 is 25.4 Å². The van der Waals surface area contributed by atoms with E-state index in [0.717, 1.165) is 16.9 Å². The lowest BCUT2D eigenvalue weighted by Crippen LogP contribution is -2.34. The summed E-state index contributed by atoms with van der Waals surface area (Å²) >= 11 is 0. The molecule has 8 nitrogen and oxygen atoms in total. The summed E-state index contributed by atoms with van der Waals surface area (Å²) in [6.45, 7) is 0. The van der Waals surface area contributed by atoms with E-state index in [1.165, 1.54) is 12.1 Å². The molecule has 3 amide bonds. The zero-order valence-corrected chi connectivity index (χ0v) is 17.3. The predicted octanol–water partition coefficient (Wildman–Crippen LogP) is 3.95. The first-order chi connectivity index (χ1) is 16.1. The summed E-state index contributed by atoms with van der Waals surface area (Å²) in [5.74, 6) is 2.01. The normalized spacial score (nSPS) is 21.6.